The first-order valence-corrected chi connectivity index (χ1v) is 6.38. The molecule has 0 unspecified atom stereocenters. The third-order valence-corrected chi connectivity index (χ3v) is 4.37. The molecule has 1 aliphatic heterocycles. The molecule has 0 bridgehead atoms. The second-order valence-corrected chi connectivity index (χ2v) is 6.08. The van der Waals surface area contributed by atoms with Gasteiger partial charge in [-0.05, 0) is 65.8 Å². The van der Waals surface area contributed by atoms with E-state index >= 15 is 0 Å². The number of rotatable bonds is 1. The molecule has 0 atom stereocenters. The first kappa shape index (κ1) is 12.2. The van der Waals surface area contributed by atoms with Gasteiger partial charge in [0.25, 0.3) is 0 Å². The predicted octanol–water partition coefficient (Wildman–Crippen LogP) is 3.51. The van der Waals surface area contributed by atoms with Gasteiger partial charge in [-0.2, -0.15) is 0 Å². The zero-order valence-electron chi connectivity index (χ0n) is 11.2. The summed E-state index contributed by atoms with van der Waals surface area (Å²) < 4.78 is 12.1. The van der Waals surface area contributed by atoms with Crippen LogP contribution in [-0.4, -0.2) is 18.3 Å². The molecule has 0 amide bonds. The average Bonchev–Trinajstić information content (AvgIpc) is 2.72. The van der Waals surface area contributed by atoms with Crippen LogP contribution in [0.15, 0.2) is 11.0 Å². The third-order valence-electron chi connectivity index (χ3n) is 4.37. The van der Waals surface area contributed by atoms with Gasteiger partial charge >= 0.3 is 7.12 Å². The Morgan fingerprint density at radius 1 is 1.00 bits per heavy atom. The van der Waals surface area contributed by atoms with Crippen LogP contribution in [0.25, 0.3) is 0 Å². The Kier molecular flexibility index (Phi) is 2.96. The van der Waals surface area contributed by atoms with Crippen LogP contribution in [0.2, 0.25) is 0 Å². The maximum atomic E-state index is 6.06. The number of allylic oxidation sites excluding steroid dienone is 2. The quantitative estimate of drug-likeness (QED) is 0.632. The molecule has 0 aromatic carbocycles. The molecule has 1 saturated heterocycles. The fourth-order valence-corrected chi connectivity index (χ4v) is 2.38. The SMILES string of the molecule is CC(B1OC(C)(C)C(C)(C)O1)=C1CCCC1. The molecule has 2 rings (SSSR count). The van der Waals surface area contributed by atoms with Gasteiger partial charge in [-0.3, -0.25) is 0 Å². The topological polar surface area (TPSA) is 18.5 Å². The van der Waals surface area contributed by atoms with E-state index in [0.29, 0.717) is 0 Å². The summed E-state index contributed by atoms with van der Waals surface area (Å²) >= 11 is 0. The van der Waals surface area contributed by atoms with Gasteiger partial charge < -0.3 is 9.31 Å². The van der Waals surface area contributed by atoms with Gasteiger partial charge in [0.05, 0.1) is 11.2 Å². The lowest BCUT2D eigenvalue weighted by molar-refractivity contribution is 0.00578. The molecular formula is C13H23BO2. The molecule has 2 nitrogen and oxygen atoms in total. The van der Waals surface area contributed by atoms with Crippen molar-refractivity contribution in [2.75, 3.05) is 0 Å². The number of hydrogen-bond acceptors (Lipinski definition) is 2. The van der Waals surface area contributed by atoms with Gasteiger partial charge in [-0.15, -0.1) is 0 Å². The Labute approximate surface area is 99.5 Å². The lowest BCUT2D eigenvalue weighted by Crippen LogP contribution is -2.41. The molecule has 1 aliphatic carbocycles. The Morgan fingerprint density at radius 2 is 1.44 bits per heavy atom. The molecule has 2 aliphatic rings. The normalized spacial score (nSPS) is 27.6. The maximum Gasteiger partial charge on any atom is 0.490 e. The van der Waals surface area contributed by atoms with Crippen LogP contribution in [0, 0.1) is 0 Å². The van der Waals surface area contributed by atoms with E-state index in [0.717, 1.165) is 0 Å². The molecule has 0 spiro atoms. The summed E-state index contributed by atoms with van der Waals surface area (Å²) in [6.07, 6.45) is 5.12. The fourth-order valence-electron chi connectivity index (χ4n) is 2.38. The first-order valence-electron chi connectivity index (χ1n) is 6.38. The van der Waals surface area contributed by atoms with Crippen LogP contribution in [0.5, 0.6) is 0 Å². The van der Waals surface area contributed by atoms with Crippen molar-refractivity contribution in [1.82, 2.24) is 0 Å². The van der Waals surface area contributed by atoms with Gasteiger partial charge in [0.2, 0.25) is 0 Å². The highest BCUT2D eigenvalue weighted by molar-refractivity contribution is 6.54. The van der Waals surface area contributed by atoms with E-state index in [1.807, 2.05) is 0 Å². The van der Waals surface area contributed by atoms with E-state index in [1.54, 1.807) is 5.57 Å². The van der Waals surface area contributed by atoms with Crippen LogP contribution in [0.4, 0.5) is 0 Å². The van der Waals surface area contributed by atoms with Crippen LogP contribution < -0.4 is 0 Å². The van der Waals surface area contributed by atoms with E-state index in [2.05, 4.69) is 34.6 Å². The molecular weight excluding hydrogens is 199 g/mol. The van der Waals surface area contributed by atoms with Crippen LogP contribution in [0.1, 0.15) is 60.3 Å². The Bertz CT molecular complexity index is 294. The molecule has 0 radical (unpaired) electrons. The summed E-state index contributed by atoms with van der Waals surface area (Å²) in [7, 11) is -0.127. The smallest absolute Gasteiger partial charge is 0.400 e. The van der Waals surface area contributed by atoms with Crippen molar-refractivity contribution in [2.45, 2.75) is 71.5 Å². The van der Waals surface area contributed by atoms with Crippen LogP contribution in [0.3, 0.4) is 0 Å². The zero-order chi connectivity index (χ0) is 12.0. The lowest BCUT2D eigenvalue weighted by atomic mass is 9.76. The second-order valence-electron chi connectivity index (χ2n) is 6.08. The summed E-state index contributed by atoms with van der Waals surface area (Å²) in [6.45, 7) is 10.6. The summed E-state index contributed by atoms with van der Waals surface area (Å²) in [4.78, 5) is 0. The van der Waals surface area contributed by atoms with E-state index in [-0.39, 0.29) is 18.3 Å². The second kappa shape index (κ2) is 3.88. The molecule has 0 aromatic rings. The van der Waals surface area contributed by atoms with Gasteiger partial charge in [0.1, 0.15) is 0 Å². The largest absolute Gasteiger partial charge is 0.490 e. The fraction of sp³-hybridized carbons (Fsp3) is 0.846. The van der Waals surface area contributed by atoms with Crippen LogP contribution in [-0.2, 0) is 9.31 Å². The molecule has 0 aromatic heterocycles. The highest BCUT2D eigenvalue weighted by Gasteiger charge is 2.52. The van der Waals surface area contributed by atoms with E-state index < -0.39 is 0 Å². The zero-order valence-corrected chi connectivity index (χ0v) is 11.2. The first-order chi connectivity index (χ1) is 7.33. The molecule has 90 valence electrons. The molecule has 3 heteroatoms. The molecule has 1 saturated carbocycles. The summed E-state index contributed by atoms with van der Waals surface area (Å²) in [5, 5.41) is 0. The monoisotopic (exact) mass is 222 g/mol. The summed E-state index contributed by atoms with van der Waals surface area (Å²) in [6, 6.07) is 0. The Morgan fingerprint density at radius 3 is 1.88 bits per heavy atom. The number of hydrogen-bond donors (Lipinski definition) is 0. The Balaban J connectivity index is 2.17. The van der Waals surface area contributed by atoms with E-state index in [9.17, 15) is 0 Å². The van der Waals surface area contributed by atoms with Gasteiger partial charge in [-0.1, -0.05) is 5.57 Å². The van der Waals surface area contributed by atoms with Gasteiger partial charge in [0.15, 0.2) is 0 Å². The lowest BCUT2D eigenvalue weighted by Gasteiger charge is -2.32. The van der Waals surface area contributed by atoms with Crippen LogP contribution >= 0.6 is 0 Å². The van der Waals surface area contributed by atoms with E-state index in [4.69, 9.17) is 9.31 Å². The molecule has 0 N–H and O–H groups in total. The van der Waals surface area contributed by atoms with Gasteiger partial charge in [-0.25, -0.2) is 0 Å². The maximum absolute atomic E-state index is 6.06. The standard InChI is InChI=1S/C13H23BO2/c1-10(11-8-6-7-9-11)14-15-12(2,3)13(4,5)16-14/h6-9H2,1-5H3. The van der Waals surface area contributed by atoms with Crippen molar-refractivity contribution < 1.29 is 9.31 Å². The minimum absolute atomic E-state index is 0.127. The third kappa shape index (κ3) is 1.95. The summed E-state index contributed by atoms with van der Waals surface area (Å²) in [5.74, 6) is 0. The predicted molar refractivity (Wildman–Crippen MR) is 67.3 cm³/mol. The van der Waals surface area contributed by atoms with Crippen molar-refractivity contribution in [3.63, 3.8) is 0 Å². The van der Waals surface area contributed by atoms with Crippen molar-refractivity contribution in [1.29, 1.82) is 0 Å². The van der Waals surface area contributed by atoms with Crippen molar-refractivity contribution in [3.8, 4) is 0 Å². The van der Waals surface area contributed by atoms with Crippen molar-refractivity contribution in [2.24, 2.45) is 0 Å². The summed E-state index contributed by atoms with van der Waals surface area (Å²) in [5.41, 5.74) is 2.45. The van der Waals surface area contributed by atoms with Gasteiger partial charge in [0, 0.05) is 0 Å². The van der Waals surface area contributed by atoms with Crippen molar-refractivity contribution >= 4 is 7.12 Å². The van der Waals surface area contributed by atoms with Crippen molar-refractivity contribution in [3.05, 3.63) is 11.0 Å². The highest BCUT2D eigenvalue weighted by Crippen LogP contribution is 2.40. The highest BCUT2D eigenvalue weighted by atomic mass is 16.7. The minimum Gasteiger partial charge on any atom is -0.400 e. The van der Waals surface area contributed by atoms with E-state index in [1.165, 1.54) is 31.2 Å². The average molecular weight is 222 g/mol. The molecule has 1 heterocycles. The molecule has 16 heavy (non-hydrogen) atoms. The Hall–Kier alpha value is -0.275. The minimum atomic E-state index is -0.210. The molecule has 2 fully saturated rings.